The molecule has 3 aromatic carbocycles. The summed E-state index contributed by atoms with van der Waals surface area (Å²) in [6.07, 6.45) is -0.00486. The van der Waals surface area contributed by atoms with Crippen LogP contribution in [0, 0.1) is 0 Å². The molecule has 0 unspecified atom stereocenters. The van der Waals surface area contributed by atoms with Gasteiger partial charge < -0.3 is 10.1 Å². The molecule has 5 heteroatoms. The number of amides is 1. The standard InChI is InChI=1S/C21H19Cl2NO2/c1-2-20(21(25)24-13-16-7-9-17(22)12-19(16)23)26-18-10-8-14-5-3-4-6-15(14)11-18/h3-12,20H,2,13H2,1H3,(H,24,25)/t20-/m1/s1. The van der Waals surface area contributed by atoms with Crippen LogP contribution in [-0.2, 0) is 11.3 Å². The number of nitrogens with one attached hydrogen (secondary N) is 1. The van der Waals surface area contributed by atoms with Gasteiger partial charge in [0.1, 0.15) is 5.75 Å². The summed E-state index contributed by atoms with van der Waals surface area (Å²) in [4.78, 5) is 12.5. The Labute approximate surface area is 162 Å². The molecule has 0 bridgehead atoms. The molecule has 1 amide bonds. The first-order valence-electron chi connectivity index (χ1n) is 8.44. The number of benzene rings is 3. The van der Waals surface area contributed by atoms with Crippen LogP contribution < -0.4 is 10.1 Å². The molecule has 0 aliphatic heterocycles. The van der Waals surface area contributed by atoms with Gasteiger partial charge in [0.05, 0.1) is 0 Å². The van der Waals surface area contributed by atoms with Gasteiger partial charge in [-0.3, -0.25) is 4.79 Å². The molecular formula is C21H19Cl2NO2. The lowest BCUT2D eigenvalue weighted by molar-refractivity contribution is -0.128. The zero-order chi connectivity index (χ0) is 18.5. The average molecular weight is 388 g/mol. The van der Waals surface area contributed by atoms with Crippen molar-refractivity contribution in [3.8, 4) is 5.75 Å². The van der Waals surface area contributed by atoms with E-state index in [1.807, 2.05) is 49.4 Å². The van der Waals surface area contributed by atoms with Crippen molar-refractivity contribution in [2.75, 3.05) is 0 Å². The fraction of sp³-hybridized carbons (Fsp3) is 0.190. The van der Waals surface area contributed by atoms with Crippen LogP contribution in [0.25, 0.3) is 10.8 Å². The van der Waals surface area contributed by atoms with Crippen LogP contribution in [0.3, 0.4) is 0 Å². The molecule has 3 rings (SSSR count). The normalized spacial score (nSPS) is 12.0. The van der Waals surface area contributed by atoms with Gasteiger partial charge in [0.2, 0.25) is 0 Å². The number of fused-ring (bicyclic) bond motifs is 1. The quantitative estimate of drug-likeness (QED) is 0.595. The van der Waals surface area contributed by atoms with E-state index in [1.54, 1.807) is 18.2 Å². The van der Waals surface area contributed by atoms with Crippen molar-refractivity contribution in [2.45, 2.75) is 26.0 Å². The van der Waals surface area contributed by atoms with Gasteiger partial charge in [-0.25, -0.2) is 0 Å². The Balaban J connectivity index is 1.66. The maximum atomic E-state index is 12.5. The Morgan fingerprint density at radius 1 is 1.04 bits per heavy atom. The van der Waals surface area contributed by atoms with Crippen molar-refractivity contribution < 1.29 is 9.53 Å². The van der Waals surface area contributed by atoms with E-state index in [0.717, 1.165) is 16.3 Å². The Morgan fingerprint density at radius 3 is 2.54 bits per heavy atom. The maximum Gasteiger partial charge on any atom is 0.261 e. The lowest BCUT2D eigenvalue weighted by Crippen LogP contribution is -2.37. The predicted octanol–water partition coefficient (Wildman–Crippen LogP) is 5.62. The third kappa shape index (κ3) is 4.48. The lowest BCUT2D eigenvalue weighted by Gasteiger charge is -2.18. The van der Waals surface area contributed by atoms with Crippen molar-refractivity contribution in [2.24, 2.45) is 0 Å². The van der Waals surface area contributed by atoms with Crippen molar-refractivity contribution in [3.63, 3.8) is 0 Å². The lowest BCUT2D eigenvalue weighted by atomic mass is 10.1. The predicted molar refractivity (Wildman–Crippen MR) is 107 cm³/mol. The molecule has 0 aliphatic carbocycles. The van der Waals surface area contributed by atoms with Gasteiger partial charge in [-0.15, -0.1) is 0 Å². The number of carbonyl (C=O) groups is 1. The second-order valence-electron chi connectivity index (χ2n) is 5.98. The number of hydrogen-bond donors (Lipinski definition) is 1. The highest BCUT2D eigenvalue weighted by molar-refractivity contribution is 6.35. The van der Waals surface area contributed by atoms with Crippen LogP contribution in [0.2, 0.25) is 10.0 Å². The molecule has 1 N–H and O–H groups in total. The van der Waals surface area contributed by atoms with E-state index in [0.29, 0.717) is 28.8 Å². The summed E-state index contributed by atoms with van der Waals surface area (Å²) in [6, 6.07) is 19.1. The summed E-state index contributed by atoms with van der Waals surface area (Å²) in [6.45, 7) is 2.24. The first kappa shape index (κ1) is 18.6. The Morgan fingerprint density at radius 2 is 1.81 bits per heavy atom. The Kier molecular flexibility index (Phi) is 6.02. The average Bonchev–Trinajstić information content (AvgIpc) is 2.65. The molecule has 0 spiro atoms. The van der Waals surface area contributed by atoms with Crippen LogP contribution in [0.15, 0.2) is 60.7 Å². The topological polar surface area (TPSA) is 38.3 Å². The number of hydrogen-bond acceptors (Lipinski definition) is 2. The van der Waals surface area contributed by atoms with Crippen molar-refractivity contribution in [1.29, 1.82) is 0 Å². The smallest absolute Gasteiger partial charge is 0.261 e. The van der Waals surface area contributed by atoms with Crippen LogP contribution in [0.4, 0.5) is 0 Å². The number of ether oxygens (including phenoxy) is 1. The zero-order valence-electron chi connectivity index (χ0n) is 14.3. The Hall–Kier alpha value is -2.23. The number of halogens is 2. The maximum absolute atomic E-state index is 12.5. The largest absolute Gasteiger partial charge is 0.481 e. The van der Waals surface area contributed by atoms with Crippen LogP contribution in [0.1, 0.15) is 18.9 Å². The molecule has 0 aliphatic rings. The van der Waals surface area contributed by atoms with E-state index >= 15 is 0 Å². The molecule has 134 valence electrons. The third-order valence-corrected chi connectivity index (χ3v) is 4.72. The van der Waals surface area contributed by atoms with E-state index in [2.05, 4.69) is 5.32 Å². The van der Waals surface area contributed by atoms with E-state index in [4.69, 9.17) is 27.9 Å². The van der Waals surface area contributed by atoms with Crippen molar-refractivity contribution in [1.82, 2.24) is 5.32 Å². The molecule has 0 fully saturated rings. The van der Waals surface area contributed by atoms with E-state index in [-0.39, 0.29) is 5.91 Å². The molecule has 0 heterocycles. The SMILES string of the molecule is CC[C@@H](Oc1ccc2ccccc2c1)C(=O)NCc1ccc(Cl)cc1Cl. The van der Waals surface area contributed by atoms with Gasteiger partial charge in [0.15, 0.2) is 6.10 Å². The highest BCUT2D eigenvalue weighted by Gasteiger charge is 2.18. The van der Waals surface area contributed by atoms with E-state index in [1.165, 1.54) is 0 Å². The second kappa shape index (κ2) is 8.43. The van der Waals surface area contributed by atoms with E-state index < -0.39 is 6.10 Å². The van der Waals surface area contributed by atoms with Crippen LogP contribution in [-0.4, -0.2) is 12.0 Å². The van der Waals surface area contributed by atoms with Gasteiger partial charge in [-0.1, -0.05) is 66.5 Å². The number of rotatable bonds is 6. The summed E-state index contributed by atoms with van der Waals surface area (Å²) >= 11 is 12.0. The molecule has 3 aromatic rings. The van der Waals surface area contributed by atoms with Gasteiger partial charge >= 0.3 is 0 Å². The van der Waals surface area contributed by atoms with Gasteiger partial charge in [-0.2, -0.15) is 0 Å². The summed E-state index contributed by atoms with van der Waals surface area (Å²) in [5.74, 6) is 0.502. The van der Waals surface area contributed by atoms with Crippen molar-refractivity contribution in [3.05, 3.63) is 76.3 Å². The highest BCUT2D eigenvalue weighted by atomic mass is 35.5. The molecular weight excluding hydrogens is 369 g/mol. The van der Waals surface area contributed by atoms with Gasteiger partial charge in [-0.05, 0) is 47.0 Å². The molecule has 0 saturated heterocycles. The van der Waals surface area contributed by atoms with Gasteiger partial charge in [0, 0.05) is 16.6 Å². The first-order valence-corrected chi connectivity index (χ1v) is 9.19. The minimum atomic E-state index is -0.567. The fourth-order valence-corrected chi connectivity index (χ4v) is 3.16. The summed E-state index contributed by atoms with van der Waals surface area (Å²) in [7, 11) is 0. The summed E-state index contributed by atoms with van der Waals surface area (Å²) in [5, 5.41) is 6.18. The third-order valence-electron chi connectivity index (χ3n) is 4.13. The minimum Gasteiger partial charge on any atom is -0.481 e. The summed E-state index contributed by atoms with van der Waals surface area (Å²) < 4.78 is 5.91. The Bertz CT molecular complexity index is 927. The number of carbonyl (C=O) groups excluding carboxylic acids is 1. The highest BCUT2D eigenvalue weighted by Crippen LogP contribution is 2.23. The van der Waals surface area contributed by atoms with Crippen LogP contribution in [0.5, 0.6) is 5.75 Å². The fourth-order valence-electron chi connectivity index (χ4n) is 2.69. The molecule has 0 aromatic heterocycles. The van der Waals surface area contributed by atoms with E-state index in [9.17, 15) is 4.79 Å². The van der Waals surface area contributed by atoms with Crippen LogP contribution >= 0.6 is 23.2 Å². The van der Waals surface area contributed by atoms with Crippen molar-refractivity contribution >= 4 is 39.9 Å². The molecule has 3 nitrogen and oxygen atoms in total. The molecule has 1 atom stereocenters. The molecule has 0 radical (unpaired) electrons. The first-order chi connectivity index (χ1) is 12.6. The second-order valence-corrected chi connectivity index (χ2v) is 6.82. The molecule has 0 saturated carbocycles. The molecule has 26 heavy (non-hydrogen) atoms. The zero-order valence-corrected chi connectivity index (χ0v) is 15.8. The minimum absolute atomic E-state index is 0.174. The van der Waals surface area contributed by atoms with Gasteiger partial charge in [0.25, 0.3) is 5.91 Å². The summed E-state index contributed by atoms with van der Waals surface area (Å²) in [5.41, 5.74) is 0.810. The monoisotopic (exact) mass is 387 g/mol.